The Kier molecular flexibility index (Phi) is 3.93. The Balaban J connectivity index is 1.47. The summed E-state index contributed by atoms with van der Waals surface area (Å²) >= 11 is 0. The van der Waals surface area contributed by atoms with Gasteiger partial charge in [0, 0.05) is 12.6 Å². The lowest BCUT2D eigenvalue weighted by molar-refractivity contribution is -0.200. The first-order valence-electron chi connectivity index (χ1n) is 9.10. The summed E-state index contributed by atoms with van der Waals surface area (Å²) in [7, 11) is 0. The van der Waals surface area contributed by atoms with Crippen LogP contribution in [0.5, 0.6) is 0 Å². The number of halogens is 3. The first kappa shape index (κ1) is 17.5. The number of likely N-dealkylation sites (tertiary alicyclic amines) is 2. The molecule has 0 radical (unpaired) electrons. The Hall–Kier alpha value is -1.86. The molecule has 8 heteroatoms. The van der Waals surface area contributed by atoms with E-state index in [0.29, 0.717) is 0 Å². The van der Waals surface area contributed by atoms with Gasteiger partial charge in [-0.15, -0.1) is 0 Å². The zero-order valence-electron chi connectivity index (χ0n) is 14.4. The quantitative estimate of drug-likeness (QED) is 0.552. The van der Waals surface area contributed by atoms with E-state index in [-0.39, 0.29) is 43.0 Å². The van der Waals surface area contributed by atoms with Gasteiger partial charge in [0.05, 0.1) is 17.8 Å². The van der Waals surface area contributed by atoms with Crippen molar-refractivity contribution in [3.05, 3.63) is 12.2 Å². The van der Waals surface area contributed by atoms with E-state index < -0.39 is 42.4 Å². The molecule has 4 rings (SSSR count). The highest BCUT2D eigenvalue weighted by atomic mass is 19.4. The molecule has 2 saturated heterocycles. The minimum absolute atomic E-state index is 0.00476. The molecule has 0 aromatic heterocycles. The number of alkyl halides is 3. The van der Waals surface area contributed by atoms with Crippen LogP contribution in [0.25, 0.3) is 0 Å². The van der Waals surface area contributed by atoms with Crippen molar-refractivity contribution in [1.82, 2.24) is 9.80 Å². The lowest BCUT2D eigenvalue weighted by Gasteiger charge is -2.40. The maximum Gasteiger partial charge on any atom is 0.393 e. The highest BCUT2D eigenvalue weighted by molar-refractivity contribution is 6.08. The Morgan fingerprint density at radius 2 is 1.73 bits per heavy atom. The summed E-state index contributed by atoms with van der Waals surface area (Å²) in [6.07, 6.45) is 0.618. The van der Waals surface area contributed by atoms with Gasteiger partial charge in [0.2, 0.25) is 17.7 Å². The molecule has 6 unspecified atom stereocenters. The third-order valence-electron chi connectivity index (χ3n) is 6.58. The molecule has 4 aliphatic rings. The predicted octanol–water partition coefficient (Wildman–Crippen LogP) is 1.98. The average molecular weight is 370 g/mol. The number of allylic oxidation sites excluding steroid dienone is 2. The number of carbonyl (C=O) groups is 3. The van der Waals surface area contributed by atoms with Crippen molar-refractivity contribution < 1.29 is 27.6 Å². The van der Waals surface area contributed by atoms with Gasteiger partial charge in [-0.1, -0.05) is 12.2 Å². The lowest BCUT2D eigenvalue weighted by atomic mass is 9.85. The first-order chi connectivity index (χ1) is 12.2. The fraction of sp³-hybridized carbons (Fsp3) is 0.722. The molecule has 1 saturated carbocycles. The van der Waals surface area contributed by atoms with E-state index in [9.17, 15) is 27.6 Å². The first-order valence-corrected chi connectivity index (χ1v) is 9.10. The maximum absolute atomic E-state index is 13.1. The van der Waals surface area contributed by atoms with Crippen molar-refractivity contribution in [2.75, 3.05) is 13.1 Å². The predicted molar refractivity (Wildman–Crippen MR) is 84.4 cm³/mol. The number of hydrogen-bond acceptors (Lipinski definition) is 3. The molecule has 0 aromatic carbocycles. The van der Waals surface area contributed by atoms with Crippen molar-refractivity contribution in [2.45, 2.75) is 38.4 Å². The van der Waals surface area contributed by atoms with Gasteiger partial charge >= 0.3 is 6.18 Å². The minimum atomic E-state index is -4.36. The van der Waals surface area contributed by atoms with Crippen LogP contribution >= 0.6 is 0 Å². The largest absolute Gasteiger partial charge is 0.393 e. The fourth-order valence-corrected chi connectivity index (χ4v) is 5.28. The van der Waals surface area contributed by atoms with Gasteiger partial charge in [-0.05, 0) is 38.0 Å². The zero-order valence-corrected chi connectivity index (χ0v) is 14.4. The highest BCUT2D eigenvalue weighted by Crippen LogP contribution is 2.52. The number of carbonyl (C=O) groups excluding carboxylic acids is 3. The summed E-state index contributed by atoms with van der Waals surface area (Å²) in [5.74, 6) is -3.53. The van der Waals surface area contributed by atoms with Crippen LogP contribution in [0.15, 0.2) is 12.2 Å². The van der Waals surface area contributed by atoms with Crippen LogP contribution in [-0.2, 0) is 14.4 Å². The molecule has 3 fully saturated rings. The third-order valence-corrected chi connectivity index (χ3v) is 6.58. The van der Waals surface area contributed by atoms with Crippen molar-refractivity contribution in [3.8, 4) is 0 Å². The Morgan fingerprint density at radius 3 is 2.27 bits per heavy atom. The van der Waals surface area contributed by atoms with E-state index in [2.05, 4.69) is 0 Å². The van der Waals surface area contributed by atoms with Crippen LogP contribution in [0.1, 0.15) is 26.2 Å². The second kappa shape index (κ2) is 5.82. The monoisotopic (exact) mass is 370 g/mol. The van der Waals surface area contributed by atoms with Crippen molar-refractivity contribution in [2.24, 2.45) is 29.6 Å². The molecule has 3 amide bonds. The second-order valence-corrected chi connectivity index (χ2v) is 7.88. The molecule has 6 atom stereocenters. The number of amides is 3. The Labute approximate surface area is 149 Å². The molecule has 0 N–H and O–H groups in total. The summed E-state index contributed by atoms with van der Waals surface area (Å²) in [5, 5.41) is 0. The topological polar surface area (TPSA) is 57.7 Å². The van der Waals surface area contributed by atoms with Gasteiger partial charge in [0.15, 0.2) is 0 Å². The van der Waals surface area contributed by atoms with Gasteiger partial charge in [-0.2, -0.15) is 13.2 Å². The van der Waals surface area contributed by atoms with Crippen molar-refractivity contribution in [1.29, 1.82) is 0 Å². The van der Waals surface area contributed by atoms with Crippen LogP contribution in [0.3, 0.4) is 0 Å². The van der Waals surface area contributed by atoms with E-state index in [1.54, 1.807) is 0 Å². The second-order valence-electron chi connectivity index (χ2n) is 7.88. The summed E-state index contributed by atoms with van der Waals surface area (Å²) < 4.78 is 39.4. The van der Waals surface area contributed by atoms with Crippen molar-refractivity contribution >= 4 is 17.7 Å². The number of rotatable bonds is 2. The SMILES string of the molecule is CC1C(C(F)(F)F)CCCN1C(=O)CN1C(=O)C2C3C=CC(C3)C2C1=O. The fourth-order valence-electron chi connectivity index (χ4n) is 5.28. The minimum Gasteiger partial charge on any atom is -0.338 e. The number of fused-ring (bicyclic) bond motifs is 5. The van der Waals surface area contributed by atoms with E-state index in [4.69, 9.17) is 0 Å². The number of nitrogens with zero attached hydrogens (tertiary/aromatic N) is 2. The van der Waals surface area contributed by atoms with Crippen LogP contribution in [-0.4, -0.2) is 52.8 Å². The van der Waals surface area contributed by atoms with E-state index in [1.165, 1.54) is 11.8 Å². The highest BCUT2D eigenvalue weighted by Gasteiger charge is 2.59. The van der Waals surface area contributed by atoms with Gasteiger partial charge in [0.1, 0.15) is 6.54 Å². The average Bonchev–Trinajstić information content (AvgIpc) is 3.23. The Morgan fingerprint density at radius 1 is 1.15 bits per heavy atom. The van der Waals surface area contributed by atoms with Gasteiger partial charge < -0.3 is 4.90 Å². The summed E-state index contributed by atoms with van der Waals surface area (Å²) in [4.78, 5) is 40.0. The van der Waals surface area contributed by atoms with Gasteiger partial charge in [-0.3, -0.25) is 19.3 Å². The molecule has 2 aliphatic carbocycles. The number of piperidine rings is 1. The van der Waals surface area contributed by atoms with E-state index in [1.807, 2.05) is 12.2 Å². The van der Waals surface area contributed by atoms with Crippen LogP contribution in [0, 0.1) is 29.6 Å². The lowest BCUT2D eigenvalue weighted by Crippen LogP contribution is -2.54. The van der Waals surface area contributed by atoms with E-state index >= 15 is 0 Å². The molecular formula is C18H21F3N2O3. The molecule has 0 spiro atoms. The zero-order chi connectivity index (χ0) is 18.8. The molecule has 2 heterocycles. The Bertz CT molecular complexity index is 660. The smallest absolute Gasteiger partial charge is 0.338 e. The van der Waals surface area contributed by atoms with Crippen LogP contribution in [0.2, 0.25) is 0 Å². The molecule has 0 aromatic rings. The van der Waals surface area contributed by atoms with Gasteiger partial charge in [-0.25, -0.2) is 0 Å². The molecule has 2 bridgehead atoms. The summed E-state index contributed by atoms with van der Waals surface area (Å²) in [5.41, 5.74) is 0. The number of hydrogen-bond donors (Lipinski definition) is 0. The van der Waals surface area contributed by atoms with Crippen LogP contribution in [0.4, 0.5) is 13.2 Å². The molecule has 2 aliphatic heterocycles. The third kappa shape index (κ3) is 2.48. The molecular weight excluding hydrogens is 349 g/mol. The van der Waals surface area contributed by atoms with Crippen molar-refractivity contribution in [3.63, 3.8) is 0 Å². The summed E-state index contributed by atoms with van der Waals surface area (Å²) in [6, 6.07) is -0.985. The van der Waals surface area contributed by atoms with E-state index in [0.717, 1.165) is 11.3 Å². The molecule has 142 valence electrons. The normalized spacial score (nSPS) is 39.1. The molecule has 5 nitrogen and oxygen atoms in total. The standard InChI is InChI=1S/C18H21F3N2O3/c1-9-12(18(19,20)21)3-2-6-22(9)13(24)8-23-16(25)14-10-4-5-11(7-10)15(14)17(23)26/h4-5,9-12,14-15H,2-3,6-8H2,1H3. The number of imide groups is 1. The van der Waals surface area contributed by atoms with Crippen LogP contribution < -0.4 is 0 Å². The summed E-state index contributed by atoms with van der Waals surface area (Å²) in [6.45, 7) is 1.17. The van der Waals surface area contributed by atoms with Gasteiger partial charge in [0.25, 0.3) is 0 Å². The molecule has 26 heavy (non-hydrogen) atoms. The maximum atomic E-state index is 13.1.